The molecule has 0 aliphatic rings. The number of aromatic amines is 1. The number of anilines is 1. The number of aryl methyl sites for hydroxylation is 2. The van der Waals surface area contributed by atoms with Crippen LogP contribution < -0.4 is 5.32 Å². The monoisotopic (exact) mass is 350 g/mol. The van der Waals surface area contributed by atoms with E-state index in [1.165, 1.54) is 0 Å². The number of nitrogens with zero attached hydrogens (tertiary/aromatic N) is 2. The number of carbonyl (C=O) groups is 1. The Morgan fingerprint density at radius 3 is 2.70 bits per heavy atom. The molecule has 0 radical (unpaired) electrons. The maximum Gasteiger partial charge on any atom is 0.273 e. The number of aromatic nitrogens is 3. The first kappa shape index (κ1) is 15.6. The quantitative estimate of drug-likeness (QED) is 0.739. The molecule has 0 spiro atoms. The first-order valence-corrected chi connectivity index (χ1v) is 7.46. The van der Waals surface area contributed by atoms with Crippen LogP contribution in [0.1, 0.15) is 21.9 Å². The summed E-state index contributed by atoms with van der Waals surface area (Å²) in [4.78, 5) is 12.3. The van der Waals surface area contributed by atoms with Crippen molar-refractivity contribution in [3.8, 4) is 11.3 Å². The second kappa shape index (κ2) is 6.06. The molecule has 8 heteroatoms. The Hall–Kier alpha value is -2.31. The maximum atomic E-state index is 12.3. The number of nitrogens with one attached hydrogen (secondary N) is 2. The predicted octanol–water partition coefficient (Wildman–Crippen LogP) is 4.24. The van der Waals surface area contributed by atoms with Gasteiger partial charge in [-0.3, -0.25) is 9.89 Å². The van der Waals surface area contributed by atoms with Crippen LogP contribution in [-0.2, 0) is 0 Å². The summed E-state index contributed by atoms with van der Waals surface area (Å²) in [6.45, 7) is 3.47. The van der Waals surface area contributed by atoms with Crippen LogP contribution in [0.25, 0.3) is 11.3 Å². The van der Waals surface area contributed by atoms with Gasteiger partial charge in [-0.25, -0.2) is 0 Å². The zero-order chi connectivity index (χ0) is 16.6. The van der Waals surface area contributed by atoms with Gasteiger partial charge in [-0.2, -0.15) is 5.10 Å². The fourth-order valence-electron chi connectivity index (χ4n) is 2.12. The molecule has 0 aliphatic carbocycles. The Balaban J connectivity index is 1.85. The van der Waals surface area contributed by atoms with Crippen LogP contribution >= 0.6 is 23.2 Å². The minimum absolute atomic E-state index is 0.297. The summed E-state index contributed by atoms with van der Waals surface area (Å²) >= 11 is 12.0. The van der Waals surface area contributed by atoms with E-state index >= 15 is 0 Å². The predicted molar refractivity (Wildman–Crippen MR) is 88.0 cm³/mol. The molecule has 6 nitrogen and oxygen atoms in total. The van der Waals surface area contributed by atoms with Gasteiger partial charge < -0.3 is 9.84 Å². The SMILES string of the molecule is Cc1noc(C)c1NC(=O)c1cc(-c2ccc(Cl)cc2Cl)n[nH]1. The van der Waals surface area contributed by atoms with Crippen molar-refractivity contribution < 1.29 is 9.32 Å². The molecule has 0 aliphatic heterocycles. The summed E-state index contributed by atoms with van der Waals surface area (Å²) in [5, 5.41) is 14.3. The van der Waals surface area contributed by atoms with E-state index in [4.69, 9.17) is 27.7 Å². The number of H-pyrrole nitrogens is 1. The molecule has 0 atom stereocenters. The number of benzene rings is 1. The molecule has 0 fully saturated rings. The van der Waals surface area contributed by atoms with Gasteiger partial charge >= 0.3 is 0 Å². The van der Waals surface area contributed by atoms with E-state index < -0.39 is 0 Å². The van der Waals surface area contributed by atoms with Crippen molar-refractivity contribution in [3.63, 3.8) is 0 Å². The highest BCUT2D eigenvalue weighted by Gasteiger charge is 2.17. The van der Waals surface area contributed by atoms with E-state index in [9.17, 15) is 4.79 Å². The minimum Gasteiger partial charge on any atom is -0.359 e. The summed E-state index contributed by atoms with van der Waals surface area (Å²) in [6, 6.07) is 6.69. The van der Waals surface area contributed by atoms with Gasteiger partial charge in [0, 0.05) is 10.6 Å². The third-order valence-electron chi connectivity index (χ3n) is 3.30. The van der Waals surface area contributed by atoms with Crippen LogP contribution in [0, 0.1) is 13.8 Å². The van der Waals surface area contributed by atoms with Crippen molar-refractivity contribution in [2.75, 3.05) is 5.32 Å². The largest absolute Gasteiger partial charge is 0.359 e. The summed E-state index contributed by atoms with van der Waals surface area (Å²) in [5.41, 5.74) is 2.69. The lowest BCUT2D eigenvalue weighted by atomic mass is 10.1. The maximum absolute atomic E-state index is 12.3. The molecule has 1 aromatic carbocycles. The molecular formula is C15H12Cl2N4O2. The lowest BCUT2D eigenvalue weighted by Gasteiger charge is -2.01. The molecule has 3 rings (SSSR count). The normalized spacial score (nSPS) is 10.8. The zero-order valence-corrected chi connectivity index (χ0v) is 13.8. The number of carbonyl (C=O) groups excluding carboxylic acids is 1. The smallest absolute Gasteiger partial charge is 0.273 e. The van der Waals surface area contributed by atoms with Crippen LogP contribution in [0.15, 0.2) is 28.8 Å². The van der Waals surface area contributed by atoms with Crippen molar-refractivity contribution in [3.05, 3.63) is 51.5 Å². The molecule has 1 amide bonds. The first-order valence-electron chi connectivity index (χ1n) is 6.70. The van der Waals surface area contributed by atoms with Gasteiger partial charge in [-0.1, -0.05) is 28.4 Å². The van der Waals surface area contributed by atoms with Gasteiger partial charge in [-0.05, 0) is 38.1 Å². The van der Waals surface area contributed by atoms with E-state index in [-0.39, 0.29) is 5.91 Å². The van der Waals surface area contributed by atoms with E-state index in [0.29, 0.717) is 44.1 Å². The van der Waals surface area contributed by atoms with Gasteiger partial charge in [-0.15, -0.1) is 0 Å². The molecular weight excluding hydrogens is 339 g/mol. The number of rotatable bonds is 3. The third-order valence-corrected chi connectivity index (χ3v) is 3.85. The summed E-state index contributed by atoms with van der Waals surface area (Å²) in [6.07, 6.45) is 0. The number of hydrogen-bond donors (Lipinski definition) is 2. The van der Waals surface area contributed by atoms with Gasteiger partial charge in [0.2, 0.25) is 0 Å². The average molecular weight is 351 g/mol. The number of amides is 1. The number of hydrogen-bond acceptors (Lipinski definition) is 4. The fraction of sp³-hybridized carbons (Fsp3) is 0.133. The van der Waals surface area contributed by atoms with Crippen molar-refractivity contribution in [2.45, 2.75) is 13.8 Å². The average Bonchev–Trinajstić information content (AvgIpc) is 3.09. The molecule has 2 N–H and O–H groups in total. The molecule has 0 saturated carbocycles. The molecule has 0 bridgehead atoms. The van der Waals surface area contributed by atoms with Gasteiger partial charge in [0.25, 0.3) is 5.91 Å². The van der Waals surface area contributed by atoms with Crippen molar-refractivity contribution in [1.29, 1.82) is 0 Å². The standard InChI is InChI=1S/C15H12Cl2N4O2/c1-7-14(8(2)23-21-7)18-15(22)13-6-12(19-20-13)10-4-3-9(16)5-11(10)17/h3-6H,1-2H3,(H,18,22)(H,19,20). The molecule has 0 unspecified atom stereocenters. The molecule has 0 saturated heterocycles. The summed E-state index contributed by atoms with van der Waals surface area (Å²) in [5.74, 6) is 0.194. The zero-order valence-electron chi connectivity index (χ0n) is 12.3. The lowest BCUT2D eigenvalue weighted by Crippen LogP contribution is -2.13. The highest BCUT2D eigenvalue weighted by Crippen LogP contribution is 2.29. The lowest BCUT2D eigenvalue weighted by molar-refractivity contribution is 0.102. The Morgan fingerprint density at radius 1 is 1.26 bits per heavy atom. The molecule has 2 heterocycles. The summed E-state index contributed by atoms with van der Waals surface area (Å²) < 4.78 is 5.01. The third kappa shape index (κ3) is 3.09. The Labute approximate surface area is 141 Å². The second-order valence-electron chi connectivity index (χ2n) is 4.94. The van der Waals surface area contributed by atoms with E-state index in [1.54, 1.807) is 38.1 Å². The van der Waals surface area contributed by atoms with Crippen LogP contribution in [0.2, 0.25) is 10.0 Å². The van der Waals surface area contributed by atoms with Gasteiger partial charge in [0.05, 0.1) is 10.7 Å². The highest BCUT2D eigenvalue weighted by molar-refractivity contribution is 6.36. The molecule has 2 aromatic heterocycles. The first-order chi connectivity index (χ1) is 11.0. The van der Waals surface area contributed by atoms with Crippen LogP contribution in [-0.4, -0.2) is 21.3 Å². The molecule has 118 valence electrons. The Kier molecular flexibility index (Phi) is 4.11. The van der Waals surface area contributed by atoms with Crippen molar-refractivity contribution in [2.24, 2.45) is 0 Å². The molecule has 3 aromatic rings. The van der Waals surface area contributed by atoms with Crippen molar-refractivity contribution in [1.82, 2.24) is 15.4 Å². The van der Waals surface area contributed by atoms with E-state index in [2.05, 4.69) is 20.7 Å². The van der Waals surface area contributed by atoms with E-state index in [1.807, 2.05) is 0 Å². The minimum atomic E-state index is -0.344. The number of halogens is 2. The highest BCUT2D eigenvalue weighted by atomic mass is 35.5. The van der Waals surface area contributed by atoms with Gasteiger partial charge in [0.1, 0.15) is 17.1 Å². The summed E-state index contributed by atoms with van der Waals surface area (Å²) in [7, 11) is 0. The Bertz CT molecular complexity index is 866. The van der Waals surface area contributed by atoms with Crippen LogP contribution in [0.3, 0.4) is 0 Å². The van der Waals surface area contributed by atoms with Crippen LogP contribution in [0.4, 0.5) is 5.69 Å². The Morgan fingerprint density at radius 2 is 2.04 bits per heavy atom. The molecule has 23 heavy (non-hydrogen) atoms. The van der Waals surface area contributed by atoms with Crippen molar-refractivity contribution >= 4 is 34.8 Å². The van der Waals surface area contributed by atoms with Gasteiger partial charge in [0.15, 0.2) is 5.76 Å². The fourth-order valence-corrected chi connectivity index (χ4v) is 2.62. The second-order valence-corrected chi connectivity index (χ2v) is 5.79. The topological polar surface area (TPSA) is 83.8 Å². The van der Waals surface area contributed by atoms with E-state index in [0.717, 1.165) is 0 Å². The van der Waals surface area contributed by atoms with Crippen LogP contribution in [0.5, 0.6) is 0 Å².